The van der Waals surface area contributed by atoms with Gasteiger partial charge in [0.1, 0.15) is 0 Å². The van der Waals surface area contributed by atoms with Crippen LogP contribution in [0.5, 0.6) is 0 Å². The highest BCUT2D eigenvalue weighted by atomic mass is 127. The predicted octanol–water partition coefficient (Wildman–Crippen LogP) is 1.37. The first kappa shape index (κ1) is 19.5. The van der Waals surface area contributed by atoms with E-state index in [1.165, 1.54) is 18.7 Å². The summed E-state index contributed by atoms with van der Waals surface area (Å²) < 4.78 is 7.62. The van der Waals surface area contributed by atoms with Crippen molar-refractivity contribution in [1.82, 2.24) is 19.7 Å². The lowest BCUT2D eigenvalue weighted by atomic mass is 10.1. The van der Waals surface area contributed by atoms with Crippen LogP contribution in [0.1, 0.15) is 12.1 Å². The van der Waals surface area contributed by atoms with Gasteiger partial charge in [-0.3, -0.25) is 9.89 Å². The van der Waals surface area contributed by atoms with Gasteiger partial charge in [0, 0.05) is 65.3 Å². The van der Waals surface area contributed by atoms with Crippen LogP contribution < -0.4 is 5.32 Å². The second kappa shape index (κ2) is 9.62. The third-order valence-electron chi connectivity index (χ3n) is 4.90. The minimum atomic E-state index is 0. The Morgan fingerprint density at radius 3 is 2.71 bits per heavy atom. The molecule has 24 heavy (non-hydrogen) atoms. The molecule has 1 atom stereocenters. The van der Waals surface area contributed by atoms with E-state index in [-0.39, 0.29) is 24.0 Å². The van der Waals surface area contributed by atoms with Gasteiger partial charge >= 0.3 is 0 Å². The second-order valence-corrected chi connectivity index (χ2v) is 6.53. The highest BCUT2D eigenvalue weighted by molar-refractivity contribution is 14.0. The van der Waals surface area contributed by atoms with Gasteiger partial charge in [-0.2, -0.15) is 0 Å². The zero-order chi connectivity index (χ0) is 16.1. The average Bonchev–Trinajstić information content (AvgIpc) is 3.21. The van der Waals surface area contributed by atoms with Gasteiger partial charge in [-0.15, -0.1) is 24.0 Å². The summed E-state index contributed by atoms with van der Waals surface area (Å²) in [7, 11) is 3.95. The largest absolute Gasteiger partial charge is 0.381 e. The Bertz CT molecular complexity index is 519. The van der Waals surface area contributed by atoms with Gasteiger partial charge in [0.15, 0.2) is 5.96 Å². The lowest BCUT2D eigenvalue weighted by Gasteiger charge is -2.37. The Morgan fingerprint density at radius 2 is 2.12 bits per heavy atom. The highest BCUT2D eigenvalue weighted by Crippen LogP contribution is 2.15. The monoisotopic (exact) mass is 447 g/mol. The Labute approximate surface area is 162 Å². The van der Waals surface area contributed by atoms with Crippen molar-refractivity contribution in [3.63, 3.8) is 0 Å². The topological polar surface area (TPSA) is 45.0 Å². The number of hydrogen-bond donors (Lipinski definition) is 1. The van der Waals surface area contributed by atoms with Crippen LogP contribution in [0, 0.1) is 5.92 Å². The van der Waals surface area contributed by atoms with Crippen molar-refractivity contribution < 1.29 is 4.74 Å². The number of aryl methyl sites for hydroxylation is 1. The second-order valence-electron chi connectivity index (χ2n) is 6.53. The van der Waals surface area contributed by atoms with Gasteiger partial charge in [0.25, 0.3) is 0 Å². The number of piperazine rings is 1. The maximum atomic E-state index is 5.48. The Kier molecular flexibility index (Phi) is 7.83. The fourth-order valence-electron chi connectivity index (χ4n) is 3.42. The molecule has 6 nitrogen and oxygen atoms in total. The fourth-order valence-corrected chi connectivity index (χ4v) is 3.42. The van der Waals surface area contributed by atoms with Gasteiger partial charge in [-0.1, -0.05) is 0 Å². The molecular formula is C17H30IN5O. The van der Waals surface area contributed by atoms with E-state index in [4.69, 9.17) is 4.74 Å². The summed E-state index contributed by atoms with van der Waals surface area (Å²) in [5.74, 6) is 1.74. The van der Waals surface area contributed by atoms with Crippen molar-refractivity contribution in [3.8, 4) is 0 Å². The van der Waals surface area contributed by atoms with Gasteiger partial charge in [-0.25, -0.2) is 0 Å². The minimum absolute atomic E-state index is 0. The van der Waals surface area contributed by atoms with Gasteiger partial charge < -0.3 is 19.5 Å². The van der Waals surface area contributed by atoms with Gasteiger partial charge in [0.2, 0.25) is 0 Å². The number of aliphatic imine (C=N–C) groups is 1. The van der Waals surface area contributed by atoms with E-state index in [9.17, 15) is 0 Å². The minimum Gasteiger partial charge on any atom is -0.381 e. The summed E-state index contributed by atoms with van der Waals surface area (Å²) in [6.07, 6.45) is 3.30. The summed E-state index contributed by atoms with van der Waals surface area (Å²) in [5.41, 5.74) is 1.27. The van der Waals surface area contributed by atoms with E-state index < -0.39 is 0 Å². The number of guanidine groups is 1. The molecule has 7 heteroatoms. The standard InChI is InChI=1S/C17H29N5O.HI/c1-18-17(19-12-16-4-3-6-20(16)2)22-9-7-21(8-10-22)13-15-5-11-23-14-15;/h3-4,6,15H,5,7-14H2,1-2H3,(H,18,19);1H. The van der Waals surface area contributed by atoms with E-state index in [0.717, 1.165) is 57.8 Å². The molecule has 2 aliphatic rings. The maximum Gasteiger partial charge on any atom is 0.194 e. The number of nitrogens with zero attached hydrogens (tertiary/aromatic N) is 4. The van der Waals surface area contributed by atoms with Gasteiger partial charge in [-0.05, 0) is 24.5 Å². The molecule has 0 spiro atoms. The maximum absolute atomic E-state index is 5.48. The normalized spacial score (nSPS) is 22.5. The average molecular weight is 447 g/mol. The Hall–Kier alpha value is -0.800. The van der Waals surface area contributed by atoms with Crippen LogP contribution in [-0.2, 0) is 18.3 Å². The first-order valence-electron chi connectivity index (χ1n) is 8.62. The first-order chi connectivity index (χ1) is 11.3. The van der Waals surface area contributed by atoms with Crippen LogP contribution in [0.15, 0.2) is 23.3 Å². The third-order valence-corrected chi connectivity index (χ3v) is 4.90. The molecule has 136 valence electrons. The van der Waals surface area contributed by atoms with E-state index in [2.05, 4.69) is 50.1 Å². The highest BCUT2D eigenvalue weighted by Gasteiger charge is 2.23. The van der Waals surface area contributed by atoms with Crippen molar-refractivity contribution in [2.24, 2.45) is 18.0 Å². The molecule has 1 aromatic rings. The van der Waals surface area contributed by atoms with Crippen LogP contribution in [0.25, 0.3) is 0 Å². The van der Waals surface area contributed by atoms with Crippen LogP contribution in [-0.4, -0.2) is 73.3 Å². The van der Waals surface area contributed by atoms with Gasteiger partial charge in [0.05, 0.1) is 13.2 Å². The van der Waals surface area contributed by atoms with Crippen LogP contribution >= 0.6 is 24.0 Å². The molecule has 0 amide bonds. The molecular weight excluding hydrogens is 417 g/mol. The summed E-state index contributed by atoms with van der Waals surface area (Å²) in [6.45, 7) is 8.20. The SMILES string of the molecule is CN=C(NCc1cccn1C)N1CCN(CC2CCOC2)CC1.I. The molecule has 0 aromatic carbocycles. The molecule has 1 aromatic heterocycles. The number of ether oxygens (including phenoxy) is 1. The number of rotatable bonds is 4. The third kappa shape index (κ3) is 5.10. The summed E-state index contributed by atoms with van der Waals surface area (Å²) in [5, 5.41) is 3.49. The molecule has 0 radical (unpaired) electrons. The van der Waals surface area contributed by atoms with Crippen molar-refractivity contribution in [3.05, 3.63) is 24.0 Å². The van der Waals surface area contributed by atoms with E-state index in [0.29, 0.717) is 0 Å². The summed E-state index contributed by atoms with van der Waals surface area (Å²) in [6, 6.07) is 4.22. The number of nitrogens with one attached hydrogen (secondary N) is 1. The molecule has 0 bridgehead atoms. The first-order valence-corrected chi connectivity index (χ1v) is 8.62. The van der Waals surface area contributed by atoms with Crippen molar-refractivity contribution in [2.75, 3.05) is 53.0 Å². The van der Waals surface area contributed by atoms with Crippen LogP contribution in [0.4, 0.5) is 0 Å². The molecule has 2 saturated heterocycles. The molecule has 1 unspecified atom stereocenters. The zero-order valence-corrected chi connectivity index (χ0v) is 17.1. The predicted molar refractivity (Wildman–Crippen MR) is 108 cm³/mol. The van der Waals surface area contributed by atoms with E-state index >= 15 is 0 Å². The molecule has 2 aliphatic heterocycles. The lowest BCUT2D eigenvalue weighted by molar-refractivity contribution is 0.139. The van der Waals surface area contributed by atoms with Crippen molar-refractivity contribution in [1.29, 1.82) is 0 Å². The van der Waals surface area contributed by atoms with E-state index in [1.54, 1.807) is 0 Å². The zero-order valence-electron chi connectivity index (χ0n) is 14.8. The van der Waals surface area contributed by atoms with Crippen molar-refractivity contribution >= 4 is 29.9 Å². The lowest BCUT2D eigenvalue weighted by Crippen LogP contribution is -2.53. The van der Waals surface area contributed by atoms with Crippen LogP contribution in [0.3, 0.4) is 0 Å². The molecule has 0 aliphatic carbocycles. The Morgan fingerprint density at radius 1 is 1.33 bits per heavy atom. The molecule has 3 heterocycles. The number of hydrogen-bond acceptors (Lipinski definition) is 3. The molecule has 0 saturated carbocycles. The summed E-state index contributed by atoms with van der Waals surface area (Å²) in [4.78, 5) is 9.39. The van der Waals surface area contributed by atoms with Crippen LogP contribution in [0.2, 0.25) is 0 Å². The smallest absolute Gasteiger partial charge is 0.194 e. The fraction of sp³-hybridized carbons (Fsp3) is 0.706. The number of halogens is 1. The quantitative estimate of drug-likeness (QED) is 0.431. The Balaban J connectivity index is 0.00000208. The van der Waals surface area contributed by atoms with E-state index in [1.807, 2.05) is 7.05 Å². The molecule has 2 fully saturated rings. The molecule has 1 N–H and O–H groups in total. The van der Waals surface area contributed by atoms with Crippen molar-refractivity contribution in [2.45, 2.75) is 13.0 Å². The number of aromatic nitrogens is 1. The molecule has 3 rings (SSSR count). The summed E-state index contributed by atoms with van der Waals surface area (Å²) >= 11 is 0.